The molecule has 0 bridgehead atoms. The zero-order chi connectivity index (χ0) is 25.4. The Kier molecular flexibility index (Phi) is 13.4. The van der Waals surface area contributed by atoms with Crippen LogP contribution >= 0.6 is 11.6 Å². The second-order valence-corrected chi connectivity index (χ2v) is 10.1. The fraction of sp³-hybridized carbons (Fsp3) is 0.643. The van der Waals surface area contributed by atoms with E-state index in [0.29, 0.717) is 5.02 Å². The number of rotatable bonds is 19. The molecule has 6 nitrogen and oxygen atoms in total. The minimum absolute atomic E-state index is 0.0304. The summed E-state index contributed by atoms with van der Waals surface area (Å²) in [6, 6.07) is 7.18. The molecule has 0 aliphatic carbocycles. The zero-order valence-electron chi connectivity index (χ0n) is 21.2. The number of imidazole rings is 1. The molecule has 0 saturated carbocycles. The third-order valence-electron chi connectivity index (χ3n) is 6.92. The highest BCUT2D eigenvalue weighted by Crippen LogP contribution is 2.40. The molecule has 0 fully saturated rings. The smallest absolute Gasteiger partial charge is 0.270 e. The van der Waals surface area contributed by atoms with Crippen LogP contribution in [0.5, 0.6) is 0 Å². The molecular formula is C28H41ClN4O2. The van der Waals surface area contributed by atoms with Gasteiger partial charge in [-0.15, -0.1) is 0 Å². The molecule has 1 aromatic carbocycles. The van der Waals surface area contributed by atoms with Crippen LogP contribution in [0.25, 0.3) is 0 Å². The number of nitriles is 1. The third-order valence-corrected chi connectivity index (χ3v) is 7.23. The topological polar surface area (TPSA) is 95.6 Å². The molecule has 0 aliphatic heterocycles. The number of halogens is 1. The Labute approximate surface area is 215 Å². The second kappa shape index (κ2) is 16.3. The SMILES string of the molecule is CCCCCCCCC(C#N)(CCCCCCCCCc1ncc[nH]1)c1ccc([N+](=O)[O-])cc1Cl. The molecule has 0 spiro atoms. The highest BCUT2D eigenvalue weighted by molar-refractivity contribution is 6.31. The highest BCUT2D eigenvalue weighted by atomic mass is 35.5. The average molecular weight is 501 g/mol. The van der Waals surface area contributed by atoms with Crippen molar-refractivity contribution in [2.75, 3.05) is 0 Å². The van der Waals surface area contributed by atoms with Crippen LogP contribution in [-0.4, -0.2) is 14.9 Å². The summed E-state index contributed by atoms with van der Waals surface area (Å²) in [5.74, 6) is 1.06. The van der Waals surface area contributed by atoms with Gasteiger partial charge in [-0.1, -0.05) is 95.6 Å². The van der Waals surface area contributed by atoms with E-state index in [1.807, 2.05) is 6.20 Å². The van der Waals surface area contributed by atoms with Gasteiger partial charge in [0.05, 0.1) is 21.4 Å². The van der Waals surface area contributed by atoms with Crippen molar-refractivity contribution in [2.24, 2.45) is 0 Å². The van der Waals surface area contributed by atoms with Gasteiger partial charge in [-0.2, -0.15) is 5.26 Å². The summed E-state index contributed by atoms with van der Waals surface area (Å²) in [6.07, 6.45) is 21.1. The van der Waals surface area contributed by atoms with Crippen LogP contribution in [-0.2, 0) is 11.8 Å². The molecule has 1 N–H and O–H groups in total. The summed E-state index contributed by atoms with van der Waals surface area (Å²) >= 11 is 6.50. The van der Waals surface area contributed by atoms with E-state index in [1.165, 1.54) is 57.1 Å². The van der Waals surface area contributed by atoms with Crippen molar-refractivity contribution in [1.82, 2.24) is 9.97 Å². The summed E-state index contributed by atoms with van der Waals surface area (Å²) in [5, 5.41) is 21.8. The largest absolute Gasteiger partial charge is 0.349 e. The zero-order valence-corrected chi connectivity index (χ0v) is 22.0. The number of nitrogens with zero attached hydrogens (tertiary/aromatic N) is 3. The van der Waals surface area contributed by atoms with Gasteiger partial charge in [0.25, 0.3) is 5.69 Å². The maximum Gasteiger partial charge on any atom is 0.270 e. The first-order valence-electron chi connectivity index (χ1n) is 13.4. The van der Waals surface area contributed by atoms with Gasteiger partial charge in [0.15, 0.2) is 0 Å². The van der Waals surface area contributed by atoms with Crippen LogP contribution in [0.3, 0.4) is 0 Å². The number of hydrogen-bond donors (Lipinski definition) is 1. The molecule has 0 aliphatic rings. The Balaban J connectivity index is 1.86. The first-order chi connectivity index (χ1) is 17.0. The predicted octanol–water partition coefficient (Wildman–Crippen LogP) is 8.85. The van der Waals surface area contributed by atoms with E-state index in [0.717, 1.165) is 69.2 Å². The lowest BCUT2D eigenvalue weighted by Crippen LogP contribution is -2.25. The molecule has 1 aromatic heterocycles. The number of nitro benzene ring substituents is 1. The fourth-order valence-electron chi connectivity index (χ4n) is 4.82. The molecule has 2 rings (SSSR count). The number of aromatic amines is 1. The monoisotopic (exact) mass is 500 g/mol. The van der Waals surface area contributed by atoms with Gasteiger partial charge < -0.3 is 4.98 Å². The number of benzene rings is 1. The molecule has 0 saturated heterocycles. The van der Waals surface area contributed by atoms with Gasteiger partial charge in [-0.25, -0.2) is 4.98 Å². The fourth-order valence-corrected chi connectivity index (χ4v) is 5.17. The molecule has 0 amide bonds. The van der Waals surface area contributed by atoms with E-state index < -0.39 is 10.3 Å². The maximum absolute atomic E-state index is 11.2. The van der Waals surface area contributed by atoms with Crippen molar-refractivity contribution >= 4 is 17.3 Å². The molecule has 35 heavy (non-hydrogen) atoms. The van der Waals surface area contributed by atoms with Gasteiger partial charge in [0.1, 0.15) is 5.82 Å². The van der Waals surface area contributed by atoms with Crippen molar-refractivity contribution in [3.8, 4) is 6.07 Å². The lowest BCUT2D eigenvalue weighted by Gasteiger charge is -2.28. The van der Waals surface area contributed by atoms with Gasteiger partial charge in [0, 0.05) is 30.9 Å². The Hall–Kier alpha value is -2.39. The second-order valence-electron chi connectivity index (χ2n) is 9.64. The number of H-pyrrole nitrogens is 1. The Morgan fingerprint density at radius 2 is 1.60 bits per heavy atom. The van der Waals surface area contributed by atoms with Crippen molar-refractivity contribution < 1.29 is 4.92 Å². The summed E-state index contributed by atoms with van der Waals surface area (Å²) in [5.41, 5.74) is 0.0379. The Morgan fingerprint density at radius 3 is 2.11 bits per heavy atom. The lowest BCUT2D eigenvalue weighted by atomic mass is 9.73. The minimum atomic E-state index is -0.681. The van der Waals surface area contributed by atoms with Crippen LogP contribution in [0.15, 0.2) is 30.6 Å². The number of non-ortho nitro benzene ring substituents is 1. The van der Waals surface area contributed by atoms with Crippen LogP contribution in [0, 0.1) is 21.4 Å². The molecule has 1 unspecified atom stereocenters. The van der Waals surface area contributed by atoms with E-state index in [-0.39, 0.29) is 5.69 Å². The summed E-state index contributed by atoms with van der Waals surface area (Å²) < 4.78 is 0. The number of unbranched alkanes of at least 4 members (excludes halogenated alkanes) is 11. The van der Waals surface area contributed by atoms with Gasteiger partial charge in [-0.05, 0) is 30.9 Å². The molecule has 0 radical (unpaired) electrons. The highest BCUT2D eigenvalue weighted by Gasteiger charge is 2.34. The number of nitrogens with one attached hydrogen (secondary N) is 1. The van der Waals surface area contributed by atoms with Gasteiger partial charge >= 0.3 is 0 Å². The van der Waals surface area contributed by atoms with Crippen LogP contribution < -0.4 is 0 Å². The quantitative estimate of drug-likeness (QED) is 0.118. The standard InChI is InChI=1S/C28H41ClN4O2/c1-2-3-4-5-10-13-18-28(23-30,25-17-16-24(33(34)35)22-26(25)29)19-14-11-8-6-7-9-12-15-27-31-20-21-32-27/h16-17,20-22H,2-15,18-19H2,1H3,(H,31,32). The van der Waals surface area contributed by atoms with E-state index in [9.17, 15) is 15.4 Å². The van der Waals surface area contributed by atoms with Crippen LogP contribution in [0.1, 0.15) is 115 Å². The minimum Gasteiger partial charge on any atom is -0.349 e. The number of hydrogen-bond acceptors (Lipinski definition) is 4. The maximum atomic E-state index is 11.2. The predicted molar refractivity (Wildman–Crippen MR) is 143 cm³/mol. The van der Waals surface area contributed by atoms with Crippen molar-refractivity contribution in [3.63, 3.8) is 0 Å². The van der Waals surface area contributed by atoms with E-state index >= 15 is 0 Å². The lowest BCUT2D eigenvalue weighted by molar-refractivity contribution is -0.384. The average Bonchev–Trinajstić information content (AvgIpc) is 3.37. The van der Waals surface area contributed by atoms with E-state index in [4.69, 9.17) is 11.6 Å². The van der Waals surface area contributed by atoms with Crippen molar-refractivity contribution in [2.45, 2.75) is 115 Å². The van der Waals surface area contributed by atoms with E-state index in [1.54, 1.807) is 12.3 Å². The van der Waals surface area contributed by atoms with Gasteiger partial charge in [0.2, 0.25) is 0 Å². The third kappa shape index (κ3) is 10.0. The molecular weight excluding hydrogens is 460 g/mol. The molecule has 192 valence electrons. The number of aryl methyl sites for hydroxylation is 1. The summed E-state index contributed by atoms with van der Waals surface area (Å²) in [4.78, 5) is 18.1. The first-order valence-corrected chi connectivity index (χ1v) is 13.7. The van der Waals surface area contributed by atoms with Crippen LogP contribution in [0.2, 0.25) is 5.02 Å². The molecule has 7 heteroatoms. The molecule has 2 aromatic rings. The number of aromatic nitrogens is 2. The van der Waals surface area contributed by atoms with Crippen molar-refractivity contribution in [1.29, 1.82) is 5.26 Å². The Morgan fingerprint density at radius 1 is 1.00 bits per heavy atom. The first kappa shape index (κ1) is 28.8. The van der Waals surface area contributed by atoms with Gasteiger partial charge in [-0.3, -0.25) is 10.1 Å². The Bertz CT molecular complexity index is 910. The number of nitro groups is 1. The van der Waals surface area contributed by atoms with Crippen LogP contribution in [0.4, 0.5) is 5.69 Å². The van der Waals surface area contributed by atoms with E-state index in [2.05, 4.69) is 23.0 Å². The normalized spacial score (nSPS) is 12.8. The molecule has 1 heterocycles. The summed E-state index contributed by atoms with van der Waals surface area (Å²) in [7, 11) is 0. The van der Waals surface area contributed by atoms with Crippen molar-refractivity contribution in [3.05, 3.63) is 57.1 Å². The summed E-state index contributed by atoms with van der Waals surface area (Å²) in [6.45, 7) is 2.21. The molecule has 1 atom stereocenters.